The van der Waals surface area contributed by atoms with Crippen molar-refractivity contribution in [3.05, 3.63) is 0 Å². The second kappa shape index (κ2) is 7.91. The lowest BCUT2D eigenvalue weighted by Gasteiger charge is -2.17. The molecule has 4 nitrogen and oxygen atoms in total. The molecule has 1 unspecified atom stereocenters. The van der Waals surface area contributed by atoms with Crippen molar-refractivity contribution in [3.63, 3.8) is 0 Å². The number of aliphatic hydroxyl groups excluding tert-OH is 1. The first-order valence-electron chi connectivity index (χ1n) is 5.33. The van der Waals surface area contributed by atoms with E-state index in [0.29, 0.717) is 19.0 Å². The van der Waals surface area contributed by atoms with Crippen LogP contribution >= 0.6 is 12.4 Å². The summed E-state index contributed by atoms with van der Waals surface area (Å²) in [4.78, 5) is 11.1. The minimum absolute atomic E-state index is 0. The topological polar surface area (TPSA) is 61.4 Å². The number of nitrogens with one attached hydrogen (secondary N) is 2. The molecule has 0 aromatic heterocycles. The van der Waals surface area contributed by atoms with E-state index in [9.17, 15) is 9.90 Å². The summed E-state index contributed by atoms with van der Waals surface area (Å²) in [5.41, 5.74) is 0. The predicted molar refractivity (Wildman–Crippen MR) is 62.1 cm³/mol. The van der Waals surface area contributed by atoms with Gasteiger partial charge in [0, 0.05) is 6.54 Å². The highest BCUT2D eigenvalue weighted by Gasteiger charge is 2.23. The number of carbonyl (C=O) groups excluding carboxylic acids is 1. The molecule has 0 saturated heterocycles. The zero-order chi connectivity index (χ0) is 10.4. The Morgan fingerprint density at radius 3 is 2.60 bits per heavy atom. The summed E-state index contributed by atoms with van der Waals surface area (Å²) in [7, 11) is 1.73. The fraction of sp³-hybridized carbons (Fsp3) is 0.900. The number of aliphatic hydroxyl groups is 1. The van der Waals surface area contributed by atoms with Crippen molar-refractivity contribution in [2.45, 2.75) is 31.8 Å². The predicted octanol–water partition coefficient (Wildman–Crippen LogP) is 0.295. The number of rotatable bonds is 5. The van der Waals surface area contributed by atoms with Crippen LogP contribution in [0.2, 0.25) is 0 Å². The lowest BCUT2D eigenvalue weighted by atomic mass is 10.0. The molecule has 1 saturated carbocycles. The standard InChI is InChI=1S/C10H20N2O2.ClH/c1-11-7-10(14)12-6-9(13)8-4-2-3-5-8;/h8-9,11,13H,2-7H2,1H3,(H,12,14);1H. The molecule has 90 valence electrons. The highest BCUT2D eigenvalue weighted by atomic mass is 35.5. The lowest BCUT2D eigenvalue weighted by Crippen LogP contribution is -2.39. The Labute approximate surface area is 97.2 Å². The lowest BCUT2D eigenvalue weighted by molar-refractivity contribution is -0.120. The van der Waals surface area contributed by atoms with E-state index in [-0.39, 0.29) is 24.4 Å². The zero-order valence-electron chi connectivity index (χ0n) is 9.16. The first kappa shape index (κ1) is 14.7. The van der Waals surface area contributed by atoms with E-state index in [1.807, 2.05) is 0 Å². The number of hydrogen-bond donors (Lipinski definition) is 3. The third-order valence-corrected chi connectivity index (χ3v) is 2.79. The highest BCUT2D eigenvalue weighted by Crippen LogP contribution is 2.27. The summed E-state index contributed by atoms with van der Waals surface area (Å²) in [5, 5.41) is 15.2. The van der Waals surface area contributed by atoms with Gasteiger partial charge in [-0.3, -0.25) is 4.79 Å². The summed E-state index contributed by atoms with van der Waals surface area (Å²) in [6.07, 6.45) is 4.27. The molecule has 0 radical (unpaired) electrons. The van der Waals surface area contributed by atoms with Crippen molar-refractivity contribution in [3.8, 4) is 0 Å². The van der Waals surface area contributed by atoms with Gasteiger partial charge in [-0.2, -0.15) is 0 Å². The highest BCUT2D eigenvalue weighted by molar-refractivity contribution is 5.85. The van der Waals surface area contributed by atoms with Gasteiger partial charge >= 0.3 is 0 Å². The van der Waals surface area contributed by atoms with Crippen molar-refractivity contribution in [2.24, 2.45) is 5.92 Å². The summed E-state index contributed by atoms with van der Waals surface area (Å²) in [6, 6.07) is 0. The van der Waals surface area contributed by atoms with Gasteiger partial charge in [0.25, 0.3) is 0 Å². The molecule has 0 heterocycles. The molecule has 1 fully saturated rings. The van der Waals surface area contributed by atoms with Gasteiger partial charge in [0.2, 0.25) is 5.91 Å². The monoisotopic (exact) mass is 236 g/mol. The summed E-state index contributed by atoms with van der Waals surface area (Å²) >= 11 is 0. The Morgan fingerprint density at radius 1 is 1.47 bits per heavy atom. The Hall–Kier alpha value is -0.320. The van der Waals surface area contributed by atoms with E-state index in [1.54, 1.807) is 7.05 Å². The minimum atomic E-state index is -0.363. The summed E-state index contributed by atoms with van der Waals surface area (Å²) in [5.74, 6) is 0.342. The maximum Gasteiger partial charge on any atom is 0.234 e. The van der Waals surface area contributed by atoms with Crippen LogP contribution in [0.4, 0.5) is 0 Å². The Balaban J connectivity index is 0.00000196. The number of carbonyl (C=O) groups is 1. The third-order valence-electron chi connectivity index (χ3n) is 2.79. The van der Waals surface area contributed by atoms with Gasteiger partial charge in [0.1, 0.15) is 0 Å². The van der Waals surface area contributed by atoms with Gasteiger partial charge in [-0.15, -0.1) is 12.4 Å². The molecule has 0 aromatic carbocycles. The van der Waals surface area contributed by atoms with Crippen LogP contribution < -0.4 is 10.6 Å². The molecule has 1 rings (SSSR count). The van der Waals surface area contributed by atoms with Gasteiger partial charge in [-0.1, -0.05) is 12.8 Å². The fourth-order valence-electron chi connectivity index (χ4n) is 1.95. The van der Waals surface area contributed by atoms with E-state index in [1.165, 1.54) is 12.8 Å². The van der Waals surface area contributed by atoms with Crippen LogP contribution in [0.1, 0.15) is 25.7 Å². The molecule has 1 amide bonds. The van der Waals surface area contributed by atoms with E-state index in [4.69, 9.17) is 0 Å². The molecule has 0 spiro atoms. The molecular formula is C10H21ClN2O2. The van der Waals surface area contributed by atoms with Crippen molar-refractivity contribution < 1.29 is 9.90 Å². The Bertz CT molecular complexity index is 184. The smallest absolute Gasteiger partial charge is 0.234 e. The first-order chi connectivity index (χ1) is 6.74. The van der Waals surface area contributed by atoms with Crippen LogP contribution in [-0.4, -0.2) is 37.3 Å². The molecule has 0 aliphatic heterocycles. The van der Waals surface area contributed by atoms with Crippen molar-refractivity contribution >= 4 is 18.3 Å². The molecule has 5 heteroatoms. The van der Waals surface area contributed by atoms with Crippen molar-refractivity contribution in [2.75, 3.05) is 20.1 Å². The molecule has 3 N–H and O–H groups in total. The minimum Gasteiger partial charge on any atom is -0.391 e. The molecule has 1 atom stereocenters. The quantitative estimate of drug-likeness (QED) is 0.643. The number of hydrogen-bond acceptors (Lipinski definition) is 3. The average molecular weight is 237 g/mol. The van der Waals surface area contributed by atoms with E-state index >= 15 is 0 Å². The van der Waals surface area contributed by atoms with Crippen LogP contribution in [0, 0.1) is 5.92 Å². The number of halogens is 1. The van der Waals surface area contributed by atoms with E-state index in [2.05, 4.69) is 10.6 Å². The summed E-state index contributed by atoms with van der Waals surface area (Å²) in [6.45, 7) is 0.711. The second-order valence-electron chi connectivity index (χ2n) is 3.95. The van der Waals surface area contributed by atoms with E-state index < -0.39 is 0 Å². The second-order valence-corrected chi connectivity index (χ2v) is 3.95. The zero-order valence-corrected chi connectivity index (χ0v) is 9.98. The molecule has 0 bridgehead atoms. The average Bonchev–Trinajstić information content (AvgIpc) is 2.67. The van der Waals surface area contributed by atoms with Gasteiger partial charge in [0.15, 0.2) is 0 Å². The van der Waals surface area contributed by atoms with Crippen LogP contribution in [-0.2, 0) is 4.79 Å². The van der Waals surface area contributed by atoms with Crippen LogP contribution in [0.25, 0.3) is 0 Å². The van der Waals surface area contributed by atoms with Gasteiger partial charge in [0.05, 0.1) is 12.6 Å². The molecule has 1 aliphatic carbocycles. The molecule has 15 heavy (non-hydrogen) atoms. The Kier molecular flexibility index (Phi) is 7.74. The van der Waals surface area contributed by atoms with Gasteiger partial charge in [-0.05, 0) is 25.8 Å². The molecule has 1 aliphatic rings. The fourth-order valence-corrected chi connectivity index (χ4v) is 1.95. The molecule has 0 aromatic rings. The maximum atomic E-state index is 11.1. The number of amides is 1. The van der Waals surface area contributed by atoms with Gasteiger partial charge < -0.3 is 15.7 Å². The largest absolute Gasteiger partial charge is 0.391 e. The van der Waals surface area contributed by atoms with Crippen molar-refractivity contribution in [1.29, 1.82) is 0 Å². The Morgan fingerprint density at radius 2 is 2.07 bits per heavy atom. The van der Waals surface area contributed by atoms with Gasteiger partial charge in [-0.25, -0.2) is 0 Å². The van der Waals surface area contributed by atoms with E-state index in [0.717, 1.165) is 12.8 Å². The number of likely N-dealkylation sites (N-methyl/N-ethyl adjacent to an activating group) is 1. The van der Waals surface area contributed by atoms with Crippen LogP contribution in [0.3, 0.4) is 0 Å². The molecular weight excluding hydrogens is 216 g/mol. The van der Waals surface area contributed by atoms with Crippen LogP contribution in [0.15, 0.2) is 0 Å². The maximum absolute atomic E-state index is 11.1. The normalized spacial score (nSPS) is 18.3. The van der Waals surface area contributed by atoms with Crippen LogP contribution in [0.5, 0.6) is 0 Å². The first-order valence-corrected chi connectivity index (χ1v) is 5.33. The summed E-state index contributed by atoms with van der Waals surface area (Å²) < 4.78 is 0. The SMILES string of the molecule is CNCC(=O)NCC(O)C1CCCC1.Cl. The van der Waals surface area contributed by atoms with Crippen molar-refractivity contribution in [1.82, 2.24) is 10.6 Å². The third kappa shape index (κ3) is 5.35.